The van der Waals surface area contributed by atoms with Crippen LogP contribution in [-0.2, 0) is 0 Å². The Bertz CT molecular complexity index is 356. The average molecular weight is 213 g/mol. The number of aliphatic hydroxyl groups excluding tert-OH is 1. The molecule has 0 heterocycles. The van der Waals surface area contributed by atoms with Crippen molar-refractivity contribution >= 4 is 5.69 Å². The number of halogens is 2. The van der Waals surface area contributed by atoms with Crippen molar-refractivity contribution in [3.8, 4) is 0 Å². The minimum Gasteiger partial charge on any atom is -0.391 e. The number of nitrogens with one attached hydrogen (secondary N) is 1. The van der Waals surface area contributed by atoms with Crippen LogP contribution >= 0.6 is 0 Å². The molecular weight excluding hydrogens is 200 g/mol. The largest absolute Gasteiger partial charge is 0.391 e. The van der Waals surface area contributed by atoms with Gasteiger partial charge in [0.1, 0.15) is 0 Å². The van der Waals surface area contributed by atoms with Crippen LogP contribution in [0.5, 0.6) is 0 Å². The van der Waals surface area contributed by atoms with E-state index in [1.807, 2.05) is 0 Å². The van der Waals surface area contributed by atoms with Crippen molar-refractivity contribution in [2.45, 2.75) is 31.4 Å². The first-order valence-corrected chi connectivity index (χ1v) is 5.07. The molecule has 15 heavy (non-hydrogen) atoms. The van der Waals surface area contributed by atoms with E-state index >= 15 is 0 Å². The summed E-state index contributed by atoms with van der Waals surface area (Å²) < 4.78 is 26.1. The van der Waals surface area contributed by atoms with Crippen molar-refractivity contribution in [2.75, 3.05) is 5.32 Å². The fourth-order valence-corrected chi connectivity index (χ4v) is 1.92. The molecule has 0 saturated heterocycles. The quantitative estimate of drug-likeness (QED) is 0.790. The lowest BCUT2D eigenvalue weighted by molar-refractivity contribution is 0.171. The predicted octanol–water partition coefficient (Wildman–Crippen LogP) is 2.29. The minimum absolute atomic E-state index is 0.126. The van der Waals surface area contributed by atoms with Gasteiger partial charge in [0.2, 0.25) is 0 Å². The molecule has 2 nitrogen and oxygen atoms in total. The highest BCUT2D eigenvalue weighted by molar-refractivity contribution is 5.46. The zero-order valence-corrected chi connectivity index (χ0v) is 8.21. The second kappa shape index (κ2) is 4.14. The van der Waals surface area contributed by atoms with Gasteiger partial charge in [0, 0.05) is 0 Å². The van der Waals surface area contributed by atoms with Gasteiger partial charge in [-0.25, -0.2) is 8.78 Å². The van der Waals surface area contributed by atoms with Crippen molar-refractivity contribution in [1.29, 1.82) is 0 Å². The van der Waals surface area contributed by atoms with Gasteiger partial charge in [0.05, 0.1) is 17.8 Å². The van der Waals surface area contributed by atoms with Crippen molar-refractivity contribution in [1.82, 2.24) is 0 Å². The molecule has 0 spiro atoms. The zero-order valence-electron chi connectivity index (χ0n) is 8.21. The third kappa shape index (κ3) is 2.09. The fourth-order valence-electron chi connectivity index (χ4n) is 1.92. The Morgan fingerprint density at radius 3 is 2.73 bits per heavy atom. The van der Waals surface area contributed by atoms with Crippen molar-refractivity contribution in [2.24, 2.45) is 0 Å². The number of anilines is 1. The van der Waals surface area contributed by atoms with Crippen LogP contribution in [0.3, 0.4) is 0 Å². The zero-order chi connectivity index (χ0) is 10.8. The topological polar surface area (TPSA) is 32.3 Å². The lowest BCUT2D eigenvalue weighted by Gasteiger charge is -2.18. The van der Waals surface area contributed by atoms with Gasteiger partial charge < -0.3 is 10.4 Å². The lowest BCUT2D eigenvalue weighted by atomic mass is 10.2. The van der Waals surface area contributed by atoms with Crippen LogP contribution < -0.4 is 5.32 Å². The predicted molar refractivity (Wildman–Crippen MR) is 53.6 cm³/mol. The molecular formula is C11H13F2NO. The van der Waals surface area contributed by atoms with E-state index in [-0.39, 0.29) is 11.7 Å². The molecule has 0 aromatic heterocycles. The summed E-state index contributed by atoms with van der Waals surface area (Å²) in [5.74, 6) is -1.75. The summed E-state index contributed by atoms with van der Waals surface area (Å²) in [5.41, 5.74) is 0.126. The fraction of sp³-hybridized carbons (Fsp3) is 0.455. The Labute approximate surface area is 86.9 Å². The summed E-state index contributed by atoms with van der Waals surface area (Å²) in [6.07, 6.45) is 1.95. The summed E-state index contributed by atoms with van der Waals surface area (Å²) in [6.45, 7) is 0. The maximum atomic E-state index is 13.3. The summed E-state index contributed by atoms with van der Waals surface area (Å²) in [7, 11) is 0. The number of benzene rings is 1. The van der Waals surface area contributed by atoms with E-state index in [2.05, 4.69) is 5.32 Å². The van der Waals surface area contributed by atoms with Crippen LogP contribution in [0.1, 0.15) is 19.3 Å². The molecule has 2 N–H and O–H groups in total. The lowest BCUT2D eigenvalue weighted by Crippen LogP contribution is -2.28. The van der Waals surface area contributed by atoms with E-state index in [0.29, 0.717) is 6.42 Å². The Hall–Kier alpha value is -1.16. The standard InChI is InChI=1S/C11H13F2NO/c12-7-3-1-5-9(11(7)13)14-8-4-2-6-10(8)15/h1,3,5,8,10,14-15H,2,4,6H2/t8-,10-/m1/s1. The van der Waals surface area contributed by atoms with Crippen molar-refractivity contribution < 1.29 is 13.9 Å². The molecule has 2 atom stereocenters. The Morgan fingerprint density at radius 1 is 1.27 bits per heavy atom. The second-order valence-corrected chi connectivity index (χ2v) is 3.85. The van der Waals surface area contributed by atoms with E-state index in [0.717, 1.165) is 18.9 Å². The summed E-state index contributed by atoms with van der Waals surface area (Å²) in [4.78, 5) is 0. The second-order valence-electron chi connectivity index (χ2n) is 3.85. The van der Waals surface area contributed by atoms with Crippen molar-refractivity contribution in [3.63, 3.8) is 0 Å². The van der Waals surface area contributed by atoms with Gasteiger partial charge in [0.25, 0.3) is 0 Å². The van der Waals surface area contributed by atoms with E-state index in [1.54, 1.807) is 0 Å². The Morgan fingerprint density at radius 2 is 2.07 bits per heavy atom. The molecule has 4 heteroatoms. The molecule has 1 aliphatic carbocycles. The minimum atomic E-state index is -0.878. The number of hydrogen-bond donors (Lipinski definition) is 2. The van der Waals surface area contributed by atoms with Gasteiger partial charge in [-0.3, -0.25) is 0 Å². The van der Waals surface area contributed by atoms with Crippen molar-refractivity contribution in [3.05, 3.63) is 29.8 Å². The molecule has 0 aliphatic heterocycles. The molecule has 1 aromatic carbocycles. The third-order valence-corrected chi connectivity index (χ3v) is 2.77. The molecule has 0 bridgehead atoms. The molecule has 1 fully saturated rings. The normalized spacial score (nSPS) is 25.5. The molecule has 2 rings (SSSR count). The first-order valence-electron chi connectivity index (χ1n) is 5.07. The smallest absolute Gasteiger partial charge is 0.181 e. The van der Waals surface area contributed by atoms with Crippen LogP contribution in [0.2, 0.25) is 0 Å². The summed E-state index contributed by atoms with van der Waals surface area (Å²) >= 11 is 0. The highest BCUT2D eigenvalue weighted by Gasteiger charge is 2.25. The highest BCUT2D eigenvalue weighted by atomic mass is 19.2. The van der Waals surface area contributed by atoms with E-state index in [1.165, 1.54) is 12.1 Å². The molecule has 0 radical (unpaired) electrons. The van der Waals surface area contributed by atoms with E-state index < -0.39 is 17.7 Å². The molecule has 1 aromatic rings. The van der Waals surface area contributed by atoms with Gasteiger partial charge in [-0.05, 0) is 31.4 Å². The number of hydrogen-bond acceptors (Lipinski definition) is 2. The highest BCUT2D eigenvalue weighted by Crippen LogP contribution is 2.25. The number of aliphatic hydroxyl groups is 1. The molecule has 0 amide bonds. The Balaban J connectivity index is 2.13. The maximum Gasteiger partial charge on any atom is 0.181 e. The van der Waals surface area contributed by atoms with Gasteiger partial charge in [-0.1, -0.05) is 6.07 Å². The number of rotatable bonds is 2. The van der Waals surface area contributed by atoms with Crippen LogP contribution in [-0.4, -0.2) is 17.3 Å². The molecule has 0 unspecified atom stereocenters. The van der Waals surface area contributed by atoms with Gasteiger partial charge in [-0.15, -0.1) is 0 Å². The molecule has 82 valence electrons. The van der Waals surface area contributed by atoms with E-state index in [4.69, 9.17) is 0 Å². The molecule has 1 saturated carbocycles. The summed E-state index contributed by atoms with van der Waals surface area (Å²) in [6, 6.07) is 3.83. The van der Waals surface area contributed by atoms with Gasteiger partial charge in [-0.2, -0.15) is 0 Å². The van der Waals surface area contributed by atoms with Crippen LogP contribution in [0.15, 0.2) is 18.2 Å². The van der Waals surface area contributed by atoms with Gasteiger partial charge >= 0.3 is 0 Å². The molecule has 1 aliphatic rings. The SMILES string of the molecule is O[C@@H]1CCC[C@H]1Nc1cccc(F)c1F. The van der Waals surface area contributed by atoms with Crippen LogP contribution in [0.4, 0.5) is 14.5 Å². The first kappa shape index (κ1) is 10.4. The van der Waals surface area contributed by atoms with Gasteiger partial charge in [0.15, 0.2) is 11.6 Å². The monoisotopic (exact) mass is 213 g/mol. The first-order chi connectivity index (χ1) is 7.18. The van der Waals surface area contributed by atoms with Crippen LogP contribution in [0, 0.1) is 11.6 Å². The Kier molecular flexibility index (Phi) is 2.86. The summed E-state index contributed by atoms with van der Waals surface area (Å²) in [5, 5.41) is 12.4. The van der Waals surface area contributed by atoms with E-state index in [9.17, 15) is 13.9 Å². The third-order valence-electron chi connectivity index (χ3n) is 2.77. The van der Waals surface area contributed by atoms with Crippen LogP contribution in [0.25, 0.3) is 0 Å². The maximum absolute atomic E-state index is 13.3. The average Bonchev–Trinajstić information content (AvgIpc) is 2.60.